The molecule has 8 heteroatoms. The molecule has 1 N–H and O–H groups in total. The molecule has 7 nitrogen and oxygen atoms in total. The van der Waals surface area contributed by atoms with E-state index in [2.05, 4.69) is 25.2 Å². The van der Waals surface area contributed by atoms with Gasteiger partial charge in [0.2, 0.25) is 5.82 Å². The third-order valence-electron chi connectivity index (χ3n) is 3.41. The van der Waals surface area contributed by atoms with Crippen LogP contribution in [0.15, 0.2) is 47.1 Å². The molecular weight excluding hydrogens is 327 g/mol. The standard InChI is InChI=1S/C17H15FN4O3/c1-24-15(23)8-9-19-14-7-6-11(10-20-14)17-21-16(22-25-17)12-4-2-3-5-13(12)18/h2-7,10H,8-9H2,1H3,(H,19,20). The largest absolute Gasteiger partial charge is 0.469 e. The Kier molecular flexibility index (Phi) is 4.98. The first kappa shape index (κ1) is 16.6. The average molecular weight is 342 g/mol. The lowest BCUT2D eigenvalue weighted by molar-refractivity contribution is -0.140. The lowest BCUT2D eigenvalue weighted by Crippen LogP contribution is -2.10. The molecule has 2 aromatic heterocycles. The van der Waals surface area contributed by atoms with Crippen LogP contribution in [0, 0.1) is 5.82 Å². The number of pyridine rings is 1. The molecule has 0 unspecified atom stereocenters. The maximum absolute atomic E-state index is 13.8. The van der Waals surface area contributed by atoms with Gasteiger partial charge in [-0.3, -0.25) is 4.79 Å². The summed E-state index contributed by atoms with van der Waals surface area (Å²) in [6.07, 6.45) is 1.80. The number of rotatable bonds is 6. The second-order valence-electron chi connectivity index (χ2n) is 5.09. The summed E-state index contributed by atoms with van der Waals surface area (Å²) in [4.78, 5) is 19.5. The SMILES string of the molecule is COC(=O)CCNc1ccc(-c2nc(-c3ccccc3F)no2)cn1. The van der Waals surface area contributed by atoms with Crippen LogP contribution in [0.3, 0.4) is 0 Å². The third kappa shape index (κ3) is 3.97. The van der Waals surface area contributed by atoms with E-state index in [-0.39, 0.29) is 29.7 Å². The first-order valence-corrected chi connectivity index (χ1v) is 7.53. The average Bonchev–Trinajstić information content (AvgIpc) is 3.12. The molecule has 25 heavy (non-hydrogen) atoms. The number of carbonyl (C=O) groups is 1. The molecule has 3 aromatic rings. The number of aromatic nitrogens is 3. The number of halogens is 1. The van der Waals surface area contributed by atoms with Crippen LogP contribution in [0.25, 0.3) is 22.8 Å². The van der Waals surface area contributed by atoms with E-state index < -0.39 is 5.82 Å². The maximum atomic E-state index is 13.8. The minimum Gasteiger partial charge on any atom is -0.469 e. The minimum absolute atomic E-state index is 0.174. The number of methoxy groups -OCH3 is 1. The van der Waals surface area contributed by atoms with Crippen LogP contribution in [-0.2, 0) is 9.53 Å². The second kappa shape index (κ2) is 7.52. The third-order valence-corrected chi connectivity index (χ3v) is 3.41. The van der Waals surface area contributed by atoms with E-state index in [0.29, 0.717) is 17.9 Å². The fraction of sp³-hybridized carbons (Fsp3) is 0.176. The summed E-state index contributed by atoms with van der Waals surface area (Å²) >= 11 is 0. The first-order valence-electron chi connectivity index (χ1n) is 7.53. The summed E-state index contributed by atoms with van der Waals surface area (Å²) in [5.74, 6) is 0.301. The quantitative estimate of drug-likeness (QED) is 0.689. The van der Waals surface area contributed by atoms with Gasteiger partial charge in [-0.15, -0.1) is 0 Å². The Balaban J connectivity index is 1.69. The summed E-state index contributed by atoms with van der Waals surface area (Å²) in [6, 6.07) is 9.67. The van der Waals surface area contributed by atoms with Gasteiger partial charge in [-0.2, -0.15) is 4.98 Å². The van der Waals surface area contributed by atoms with Crippen LogP contribution in [0.4, 0.5) is 10.2 Å². The molecule has 128 valence electrons. The van der Waals surface area contributed by atoms with E-state index in [1.807, 2.05) is 0 Å². The van der Waals surface area contributed by atoms with E-state index in [4.69, 9.17) is 4.52 Å². The topological polar surface area (TPSA) is 90.1 Å². The van der Waals surface area contributed by atoms with E-state index in [1.165, 1.54) is 13.2 Å². The van der Waals surface area contributed by atoms with Crippen molar-refractivity contribution in [2.75, 3.05) is 19.0 Å². The van der Waals surface area contributed by atoms with Crippen LogP contribution < -0.4 is 5.32 Å². The Morgan fingerprint density at radius 2 is 2.12 bits per heavy atom. The van der Waals surface area contributed by atoms with Crippen molar-refractivity contribution in [1.82, 2.24) is 15.1 Å². The monoisotopic (exact) mass is 342 g/mol. The predicted octanol–water partition coefficient (Wildman–Crippen LogP) is 2.91. The molecule has 0 aliphatic carbocycles. The zero-order valence-corrected chi connectivity index (χ0v) is 13.4. The molecule has 0 spiro atoms. The number of hydrogen-bond acceptors (Lipinski definition) is 7. The normalized spacial score (nSPS) is 10.5. The molecule has 0 aliphatic heterocycles. The van der Waals surface area contributed by atoms with Gasteiger partial charge in [-0.05, 0) is 24.3 Å². The van der Waals surface area contributed by atoms with Crippen molar-refractivity contribution in [3.05, 3.63) is 48.4 Å². The molecule has 0 saturated heterocycles. The van der Waals surface area contributed by atoms with E-state index in [1.54, 1.807) is 36.5 Å². The summed E-state index contributed by atoms with van der Waals surface area (Å²) in [6.45, 7) is 0.414. The molecule has 0 radical (unpaired) electrons. The Bertz CT molecular complexity index is 864. The summed E-state index contributed by atoms with van der Waals surface area (Å²) in [5, 5.41) is 6.80. The molecule has 0 aliphatic rings. The molecule has 0 atom stereocenters. The van der Waals surface area contributed by atoms with Crippen LogP contribution in [0.1, 0.15) is 6.42 Å². The Labute approximate surface area is 142 Å². The Morgan fingerprint density at radius 1 is 1.28 bits per heavy atom. The fourth-order valence-corrected chi connectivity index (χ4v) is 2.11. The minimum atomic E-state index is -0.418. The van der Waals surface area contributed by atoms with Gasteiger partial charge in [-0.1, -0.05) is 17.3 Å². The predicted molar refractivity (Wildman–Crippen MR) is 88.0 cm³/mol. The fourth-order valence-electron chi connectivity index (χ4n) is 2.11. The molecule has 3 rings (SSSR count). The lowest BCUT2D eigenvalue weighted by Gasteiger charge is -2.04. The number of nitrogens with zero attached hydrogens (tertiary/aromatic N) is 3. The highest BCUT2D eigenvalue weighted by molar-refractivity contribution is 5.69. The molecule has 0 fully saturated rings. The van der Waals surface area contributed by atoms with Gasteiger partial charge in [0.25, 0.3) is 5.89 Å². The van der Waals surface area contributed by atoms with Gasteiger partial charge >= 0.3 is 5.97 Å². The van der Waals surface area contributed by atoms with Gasteiger partial charge in [0.15, 0.2) is 0 Å². The van der Waals surface area contributed by atoms with E-state index in [9.17, 15) is 9.18 Å². The van der Waals surface area contributed by atoms with Crippen LogP contribution >= 0.6 is 0 Å². The molecule has 0 bridgehead atoms. The lowest BCUT2D eigenvalue weighted by atomic mass is 10.2. The van der Waals surface area contributed by atoms with Gasteiger partial charge in [0.05, 0.1) is 24.7 Å². The zero-order valence-electron chi connectivity index (χ0n) is 13.4. The highest BCUT2D eigenvalue weighted by atomic mass is 19.1. The van der Waals surface area contributed by atoms with Crippen molar-refractivity contribution in [2.45, 2.75) is 6.42 Å². The van der Waals surface area contributed by atoms with E-state index >= 15 is 0 Å². The van der Waals surface area contributed by atoms with E-state index in [0.717, 1.165) is 0 Å². The number of hydrogen-bond donors (Lipinski definition) is 1. The van der Waals surface area contributed by atoms with Crippen molar-refractivity contribution in [3.8, 4) is 22.8 Å². The highest BCUT2D eigenvalue weighted by Gasteiger charge is 2.13. The van der Waals surface area contributed by atoms with Gasteiger partial charge < -0.3 is 14.6 Å². The van der Waals surface area contributed by atoms with Gasteiger partial charge in [-0.25, -0.2) is 9.37 Å². The number of ether oxygens (including phenoxy) is 1. The Morgan fingerprint density at radius 3 is 2.84 bits per heavy atom. The van der Waals surface area contributed by atoms with Crippen molar-refractivity contribution >= 4 is 11.8 Å². The summed E-state index contributed by atoms with van der Waals surface area (Å²) in [7, 11) is 1.34. The van der Waals surface area contributed by atoms with Crippen molar-refractivity contribution in [2.24, 2.45) is 0 Å². The Hall–Kier alpha value is -3.29. The van der Waals surface area contributed by atoms with Crippen molar-refractivity contribution in [3.63, 3.8) is 0 Å². The molecule has 2 heterocycles. The molecular formula is C17H15FN4O3. The summed E-state index contributed by atoms with van der Waals surface area (Å²) in [5.41, 5.74) is 0.875. The highest BCUT2D eigenvalue weighted by Crippen LogP contribution is 2.24. The number of benzene rings is 1. The molecule has 0 saturated carbocycles. The van der Waals surface area contributed by atoms with Crippen molar-refractivity contribution < 1.29 is 18.4 Å². The smallest absolute Gasteiger partial charge is 0.307 e. The van der Waals surface area contributed by atoms with Gasteiger partial charge in [0, 0.05) is 12.7 Å². The van der Waals surface area contributed by atoms with Crippen LogP contribution in [0.5, 0.6) is 0 Å². The zero-order chi connectivity index (χ0) is 17.6. The second-order valence-corrected chi connectivity index (χ2v) is 5.09. The number of carbonyl (C=O) groups excluding carboxylic acids is 1. The van der Waals surface area contributed by atoms with Gasteiger partial charge in [0.1, 0.15) is 11.6 Å². The van der Waals surface area contributed by atoms with Crippen LogP contribution in [0.2, 0.25) is 0 Å². The molecule has 0 amide bonds. The number of nitrogens with one attached hydrogen (secondary N) is 1. The van der Waals surface area contributed by atoms with Crippen LogP contribution in [-0.4, -0.2) is 34.7 Å². The maximum Gasteiger partial charge on any atom is 0.307 e. The molecule has 1 aromatic carbocycles. The summed E-state index contributed by atoms with van der Waals surface area (Å²) < 4.78 is 23.5. The number of anilines is 1. The van der Waals surface area contributed by atoms with Crippen molar-refractivity contribution in [1.29, 1.82) is 0 Å². The number of esters is 1. The first-order chi connectivity index (χ1) is 12.2.